The molecule has 3 heterocycles. The lowest BCUT2D eigenvalue weighted by Gasteiger charge is -2.07. The fraction of sp³-hybridized carbons (Fsp3) is 0.545. The SMILES string of the molecule is Cc1cc(=O)n2[nH]c(CNC3CCS(=O)(=O)C3)nc2n1. The van der Waals surface area contributed by atoms with E-state index in [4.69, 9.17) is 0 Å². The van der Waals surface area contributed by atoms with E-state index in [2.05, 4.69) is 20.4 Å². The molecule has 108 valence electrons. The first-order valence-corrected chi connectivity index (χ1v) is 8.14. The lowest BCUT2D eigenvalue weighted by atomic mass is 10.2. The van der Waals surface area contributed by atoms with Gasteiger partial charge in [0.1, 0.15) is 5.82 Å². The minimum atomic E-state index is -2.90. The summed E-state index contributed by atoms with van der Waals surface area (Å²) in [7, 11) is -2.90. The minimum absolute atomic E-state index is 0.0559. The van der Waals surface area contributed by atoms with Crippen LogP contribution in [0.1, 0.15) is 17.9 Å². The number of nitrogens with zero attached hydrogens (tertiary/aromatic N) is 3. The zero-order valence-corrected chi connectivity index (χ0v) is 11.8. The molecule has 0 amide bonds. The minimum Gasteiger partial charge on any atom is -0.306 e. The van der Waals surface area contributed by atoms with Gasteiger partial charge in [-0.2, -0.15) is 9.50 Å². The third-order valence-electron chi connectivity index (χ3n) is 3.30. The summed E-state index contributed by atoms with van der Waals surface area (Å²) in [6.07, 6.45) is 0.611. The molecule has 2 aromatic rings. The summed E-state index contributed by atoms with van der Waals surface area (Å²) in [6.45, 7) is 2.11. The second kappa shape index (κ2) is 4.67. The highest BCUT2D eigenvalue weighted by Gasteiger charge is 2.27. The Hall–Kier alpha value is -1.74. The number of hydrogen-bond acceptors (Lipinski definition) is 6. The van der Waals surface area contributed by atoms with Crippen LogP contribution in [-0.4, -0.2) is 45.5 Å². The molecule has 3 rings (SSSR count). The number of aryl methyl sites for hydroxylation is 1. The molecule has 20 heavy (non-hydrogen) atoms. The normalized spacial score (nSPS) is 21.6. The van der Waals surface area contributed by atoms with Crippen LogP contribution in [0.3, 0.4) is 0 Å². The molecule has 1 aliphatic heterocycles. The second-order valence-corrected chi connectivity index (χ2v) is 7.25. The molecule has 9 heteroatoms. The van der Waals surface area contributed by atoms with Gasteiger partial charge in [-0.25, -0.2) is 13.4 Å². The lowest BCUT2D eigenvalue weighted by Crippen LogP contribution is -2.30. The van der Waals surface area contributed by atoms with Crippen molar-refractivity contribution in [3.05, 3.63) is 27.9 Å². The van der Waals surface area contributed by atoms with Crippen molar-refractivity contribution in [1.82, 2.24) is 24.9 Å². The number of rotatable bonds is 3. The van der Waals surface area contributed by atoms with Gasteiger partial charge in [-0.3, -0.25) is 9.89 Å². The largest absolute Gasteiger partial charge is 0.306 e. The van der Waals surface area contributed by atoms with Gasteiger partial charge in [0.05, 0.1) is 18.1 Å². The van der Waals surface area contributed by atoms with Crippen molar-refractivity contribution in [2.75, 3.05) is 11.5 Å². The van der Waals surface area contributed by atoms with Crippen LogP contribution in [0.25, 0.3) is 5.78 Å². The van der Waals surface area contributed by atoms with E-state index in [0.29, 0.717) is 30.3 Å². The van der Waals surface area contributed by atoms with Crippen LogP contribution in [0, 0.1) is 6.92 Å². The summed E-state index contributed by atoms with van der Waals surface area (Å²) in [5.74, 6) is 1.27. The van der Waals surface area contributed by atoms with Gasteiger partial charge in [-0.15, -0.1) is 0 Å². The van der Waals surface area contributed by atoms with Gasteiger partial charge in [0.15, 0.2) is 9.84 Å². The highest BCUT2D eigenvalue weighted by molar-refractivity contribution is 7.91. The zero-order valence-electron chi connectivity index (χ0n) is 11.0. The molecule has 1 fully saturated rings. The van der Waals surface area contributed by atoms with Crippen LogP contribution in [0.4, 0.5) is 0 Å². The maximum atomic E-state index is 11.7. The molecule has 2 aromatic heterocycles. The molecule has 2 N–H and O–H groups in total. The maximum absolute atomic E-state index is 11.7. The van der Waals surface area contributed by atoms with E-state index in [1.807, 2.05) is 0 Å². The number of aromatic nitrogens is 4. The standard InChI is InChI=1S/C11H15N5O3S/c1-7-4-10(17)16-11(13-7)14-9(15-16)5-12-8-2-3-20(18,19)6-8/h4,8,12H,2-3,5-6H2,1H3,(H,13,14,15). The fourth-order valence-electron chi connectivity index (χ4n) is 2.31. The average molecular weight is 297 g/mol. The Morgan fingerprint density at radius 1 is 1.50 bits per heavy atom. The Kier molecular flexibility index (Phi) is 3.09. The van der Waals surface area contributed by atoms with E-state index in [-0.39, 0.29) is 23.1 Å². The first kappa shape index (κ1) is 13.3. The number of hydrogen-bond donors (Lipinski definition) is 2. The van der Waals surface area contributed by atoms with Gasteiger partial charge < -0.3 is 5.32 Å². The third kappa shape index (κ3) is 2.59. The molecule has 0 bridgehead atoms. The Balaban J connectivity index is 1.76. The van der Waals surface area contributed by atoms with Crippen molar-refractivity contribution in [2.45, 2.75) is 25.9 Å². The molecule has 0 spiro atoms. The van der Waals surface area contributed by atoms with Gasteiger partial charge in [-0.1, -0.05) is 0 Å². The molecule has 1 aliphatic rings. The van der Waals surface area contributed by atoms with Gasteiger partial charge >= 0.3 is 0 Å². The first-order valence-electron chi connectivity index (χ1n) is 6.32. The van der Waals surface area contributed by atoms with E-state index in [9.17, 15) is 13.2 Å². The van der Waals surface area contributed by atoms with Gasteiger partial charge in [0.2, 0.25) is 0 Å². The Morgan fingerprint density at radius 3 is 3.00 bits per heavy atom. The van der Waals surface area contributed by atoms with Crippen LogP contribution in [0.5, 0.6) is 0 Å². The van der Waals surface area contributed by atoms with Crippen LogP contribution < -0.4 is 10.9 Å². The van der Waals surface area contributed by atoms with Gasteiger partial charge in [-0.05, 0) is 13.3 Å². The van der Waals surface area contributed by atoms with E-state index in [1.165, 1.54) is 10.6 Å². The van der Waals surface area contributed by atoms with Crippen LogP contribution >= 0.6 is 0 Å². The van der Waals surface area contributed by atoms with Crippen molar-refractivity contribution in [1.29, 1.82) is 0 Å². The quantitative estimate of drug-likeness (QED) is 0.752. The van der Waals surface area contributed by atoms with Crippen LogP contribution in [0.2, 0.25) is 0 Å². The van der Waals surface area contributed by atoms with Crippen molar-refractivity contribution < 1.29 is 8.42 Å². The van der Waals surface area contributed by atoms with Crippen molar-refractivity contribution in [3.8, 4) is 0 Å². The molecule has 1 atom stereocenters. The number of fused-ring (bicyclic) bond motifs is 1. The maximum Gasteiger partial charge on any atom is 0.274 e. The van der Waals surface area contributed by atoms with E-state index in [0.717, 1.165) is 0 Å². The van der Waals surface area contributed by atoms with E-state index in [1.54, 1.807) is 6.92 Å². The molecule has 0 aromatic carbocycles. The number of sulfone groups is 1. The summed E-state index contributed by atoms with van der Waals surface area (Å²) in [6, 6.07) is 1.37. The zero-order chi connectivity index (χ0) is 14.3. The number of aromatic amines is 1. The molecular formula is C11H15N5O3S. The van der Waals surface area contributed by atoms with Crippen LogP contribution in [-0.2, 0) is 16.4 Å². The van der Waals surface area contributed by atoms with E-state index >= 15 is 0 Å². The molecule has 1 unspecified atom stereocenters. The molecule has 0 aliphatic carbocycles. The van der Waals surface area contributed by atoms with Crippen molar-refractivity contribution in [2.24, 2.45) is 0 Å². The Morgan fingerprint density at radius 2 is 2.30 bits per heavy atom. The van der Waals surface area contributed by atoms with Crippen molar-refractivity contribution in [3.63, 3.8) is 0 Å². The fourth-order valence-corrected chi connectivity index (χ4v) is 4.02. The lowest BCUT2D eigenvalue weighted by molar-refractivity contribution is 0.541. The predicted octanol–water partition coefficient (Wildman–Crippen LogP) is -0.997. The topological polar surface area (TPSA) is 109 Å². The highest BCUT2D eigenvalue weighted by atomic mass is 32.2. The molecular weight excluding hydrogens is 282 g/mol. The van der Waals surface area contributed by atoms with Crippen LogP contribution in [0.15, 0.2) is 10.9 Å². The van der Waals surface area contributed by atoms with Gasteiger partial charge in [0.25, 0.3) is 11.3 Å². The first-order chi connectivity index (χ1) is 9.43. The highest BCUT2D eigenvalue weighted by Crippen LogP contribution is 2.11. The smallest absolute Gasteiger partial charge is 0.274 e. The summed E-state index contributed by atoms with van der Waals surface area (Å²) < 4.78 is 24.0. The second-order valence-electron chi connectivity index (χ2n) is 5.02. The summed E-state index contributed by atoms with van der Waals surface area (Å²) in [5, 5.41) is 5.99. The molecule has 0 radical (unpaired) electrons. The summed E-state index contributed by atoms with van der Waals surface area (Å²) >= 11 is 0. The molecule has 8 nitrogen and oxygen atoms in total. The number of H-pyrrole nitrogens is 1. The summed E-state index contributed by atoms with van der Waals surface area (Å²) in [4.78, 5) is 20.1. The van der Waals surface area contributed by atoms with E-state index < -0.39 is 9.84 Å². The third-order valence-corrected chi connectivity index (χ3v) is 5.06. The van der Waals surface area contributed by atoms with Crippen molar-refractivity contribution >= 4 is 15.6 Å². The molecule has 1 saturated heterocycles. The Bertz CT molecular complexity index is 807. The monoisotopic (exact) mass is 297 g/mol. The summed E-state index contributed by atoms with van der Waals surface area (Å²) in [5.41, 5.74) is 0.401. The molecule has 0 saturated carbocycles. The predicted molar refractivity (Wildman–Crippen MR) is 72.2 cm³/mol. The Labute approximate surface area is 115 Å². The average Bonchev–Trinajstić information content (AvgIpc) is 2.90. The number of nitrogens with one attached hydrogen (secondary N) is 2. The van der Waals surface area contributed by atoms with Gasteiger partial charge in [0, 0.05) is 17.8 Å².